The van der Waals surface area contributed by atoms with Gasteiger partial charge in [0.15, 0.2) is 50.3 Å². The Bertz CT molecular complexity index is 3340. The van der Waals surface area contributed by atoms with Crippen LogP contribution in [0, 0.1) is 0 Å². The van der Waals surface area contributed by atoms with Gasteiger partial charge in [0.2, 0.25) is 0 Å². The van der Waals surface area contributed by atoms with Gasteiger partial charge in [-0.3, -0.25) is 38.4 Å². The maximum atomic E-state index is 12.3. The molecule has 30 fully saturated rings. The van der Waals surface area contributed by atoms with Crippen LogP contribution in [0.1, 0.15) is 51.4 Å². The van der Waals surface area contributed by atoms with E-state index >= 15 is 0 Å². The molecule has 742 valence electrons. The topological polar surface area (TPSA) is 770 Å². The van der Waals surface area contributed by atoms with E-state index in [-0.39, 0.29) is 98.5 Å². The number of aliphatic hydroxyl groups is 16. The number of carboxylic acids is 8. The highest BCUT2D eigenvalue weighted by molar-refractivity contribution is 8.76. The Hall–Kier alpha value is -2.37. The van der Waals surface area contributed by atoms with Crippen molar-refractivity contribution in [2.45, 2.75) is 297 Å². The zero-order valence-electron chi connectivity index (χ0n) is 68.3. The molecule has 48 nitrogen and oxygen atoms in total. The van der Waals surface area contributed by atoms with E-state index < -0.39 is 338 Å². The molecular formula is C72H112O48S9. The predicted octanol–water partition coefficient (Wildman–Crippen LogP) is -7.03. The highest BCUT2D eigenvalue weighted by atomic mass is 33.1. The largest absolute Gasteiger partial charge is 0.481 e. The van der Waals surface area contributed by atoms with Gasteiger partial charge in [0.05, 0.1) is 100 Å². The lowest BCUT2D eigenvalue weighted by Crippen LogP contribution is -2.69. The molecule has 0 aromatic heterocycles. The molecule has 0 radical (unpaired) electrons. The Morgan fingerprint density at radius 1 is 0.163 bits per heavy atom. The number of ether oxygens (including phenoxy) is 16. The number of rotatable bonds is 41. The third-order valence-corrected chi connectivity index (χ3v) is 31.2. The van der Waals surface area contributed by atoms with Gasteiger partial charge in [0.1, 0.15) is 146 Å². The summed E-state index contributed by atoms with van der Waals surface area (Å²) in [5, 5.41) is 272. The van der Waals surface area contributed by atoms with Crippen LogP contribution in [0.15, 0.2) is 0 Å². The highest BCUT2D eigenvalue weighted by Gasteiger charge is 2.61. The Kier molecular flexibility index (Phi) is 45.9. The minimum atomic E-state index is -2.33. The molecule has 16 bridgehead atoms. The molecule has 129 heavy (non-hydrogen) atoms. The maximum Gasteiger partial charge on any atom is 0.304 e. The lowest BCUT2D eigenvalue weighted by atomic mass is 9.95. The van der Waals surface area contributed by atoms with Crippen molar-refractivity contribution >= 4 is 152 Å². The van der Waals surface area contributed by atoms with Crippen molar-refractivity contribution in [1.82, 2.24) is 0 Å². The second kappa shape index (κ2) is 53.7. The zero-order valence-corrected chi connectivity index (χ0v) is 75.6. The molecule has 0 amide bonds. The SMILES string of the molecule is O=C(O)CCSC[C@H]1O[C@@H]2O[C@H]3[C@H](O)[C@@H](O)[C@@H](O[C@H]4[C@H](O)[C@@H](O)[C@@H](O[C@H]5[C@H](O)[C@@H](O)[C@@H](O[C@H]6[C@H](O)[C@@H](O)[C@@H](O[C@H]7[C@H](O)[C@@H](O)[C@@H](O[C@H]8[C@H](O)[C@@H](O)[C@@H](O[C@H]9[C@H](O)C(O)[C@@H](O[C@H]1[C@H](O)[C@H]2O)O[C@@H]9CSCCC(=O)O)O[C@@H]8CSSCCC(=O)O)O[C@@H]7CSCCC(=O)O)O[C@@H]6CSCCC(=O)O)O[C@@H]5CSCCC(=O)O)O[C@@H]4CSCCC(=O)O)O[C@@H]3CSCCC(=O)O. The number of carboxylic acid groups (broad SMARTS) is 8. The van der Waals surface area contributed by atoms with Crippen LogP contribution >= 0.6 is 104 Å². The molecule has 1 unspecified atom stereocenters. The molecule has 0 saturated carbocycles. The van der Waals surface area contributed by atoms with Gasteiger partial charge in [-0.25, -0.2) is 0 Å². The van der Waals surface area contributed by atoms with E-state index in [1.807, 2.05) is 0 Å². The Morgan fingerprint density at radius 3 is 0.419 bits per heavy atom. The number of aliphatic carboxylic acids is 8. The van der Waals surface area contributed by atoms with Gasteiger partial charge in [0.25, 0.3) is 0 Å². The van der Waals surface area contributed by atoms with E-state index in [9.17, 15) is 161 Å². The summed E-state index contributed by atoms with van der Waals surface area (Å²) >= 11 is 6.17. The van der Waals surface area contributed by atoms with E-state index in [4.69, 9.17) is 75.8 Å². The summed E-state index contributed by atoms with van der Waals surface area (Å²) in [6.45, 7) is 0. The minimum Gasteiger partial charge on any atom is -0.481 e. The first kappa shape index (κ1) is 110. The third-order valence-electron chi connectivity index (χ3n) is 21.4. The van der Waals surface area contributed by atoms with Crippen molar-refractivity contribution in [1.29, 1.82) is 0 Å². The smallest absolute Gasteiger partial charge is 0.304 e. The molecule has 40 atom stereocenters. The van der Waals surface area contributed by atoms with Crippen LogP contribution in [0.5, 0.6) is 0 Å². The van der Waals surface area contributed by atoms with Gasteiger partial charge in [-0.15, -0.1) is 0 Å². The fraction of sp³-hybridized carbons (Fsp3) is 0.889. The monoisotopic (exact) mass is 2030 g/mol. The first-order valence-corrected chi connectivity index (χ1v) is 51.2. The molecule has 30 aliphatic rings. The summed E-state index contributed by atoms with van der Waals surface area (Å²) in [6.07, 6.45) is -85.7. The van der Waals surface area contributed by atoms with Crippen molar-refractivity contribution < 1.29 is 237 Å². The van der Waals surface area contributed by atoms with Crippen molar-refractivity contribution in [2.75, 3.05) is 92.0 Å². The van der Waals surface area contributed by atoms with E-state index in [0.717, 1.165) is 104 Å². The van der Waals surface area contributed by atoms with E-state index in [2.05, 4.69) is 0 Å². The van der Waals surface area contributed by atoms with Gasteiger partial charge >= 0.3 is 47.8 Å². The second-order valence-corrected chi connectivity index (χ2v) is 41.5. The first-order valence-electron chi connectivity index (χ1n) is 40.6. The molecule has 30 heterocycles. The van der Waals surface area contributed by atoms with Crippen LogP contribution in [0.2, 0.25) is 0 Å². The fourth-order valence-electron chi connectivity index (χ4n) is 14.6. The summed E-state index contributed by atoms with van der Waals surface area (Å²) in [5.41, 5.74) is 0. The summed E-state index contributed by atoms with van der Waals surface area (Å²) < 4.78 is 100. The molecule has 0 aliphatic carbocycles. The molecule has 24 N–H and O–H groups in total. The highest BCUT2D eigenvalue weighted by Crippen LogP contribution is 2.43. The van der Waals surface area contributed by atoms with E-state index in [1.54, 1.807) is 0 Å². The summed E-state index contributed by atoms with van der Waals surface area (Å²) in [6, 6.07) is 0. The summed E-state index contributed by atoms with van der Waals surface area (Å²) in [5.74, 6) is -14.1. The average Bonchev–Trinajstić information content (AvgIpc) is 0.768. The predicted molar refractivity (Wildman–Crippen MR) is 449 cm³/mol. The number of hydrogen-bond donors (Lipinski definition) is 24. The van der Waals surface area contributed by atoms with Crippen LogP contribution in [0.3, 0.4) is 0 Å². The third kappa shape index (κ3) is 31.6. The Labute approximate surface area is 772 Å². The average molecular weight is 2030 g/mol. The zero-order chi connectivity index (χ0) is 94.4. The fourth-order valence-corrected chi connectivity index (χ4v) is 23.7. The molecule has 30 saturated heterocycles. The number of hydrogen-bond acceptors (Lipinski definition) is 49. The quantitative estimate of drug-likeness (QED) is 0.0200. The van der Waals surface area contributed by atoms with Crippen LogP contribution in [0.4, 0.5) is 0 Å². The standard InChI is InChI=1S/C72H112O48S9/c73-33(74)1-9-121-17-25-57-41(89)49(97)65(105-25)114-58-26(18-122-10-2-34(75)76)107-67(51(99)43(58)91)116-60-28(20-124-12-4-36(79)80)109-69(53(101)45(60)93)118-62-30(22-126-14-6-38(83)84)111-71(55(103)47(62)95)120-64-32(24-129-128-16-8-40(87)88)112-72(56(104)48(64)96)119-63-31(23-127-15-7-39(85)86)110-70(54(102)46(63)94)117-61-29(21-125-13-5-37(81)82)108-68(52(100)44(61)92)115-59-27(19-123-11-3-35(77)78)106-66(113-57)50(98)42(59)90/h25-32,41-72,89-104H,1-24H2,(H,73,74)(H,75,76)(H,77,78)(H,79,80)(H,81,82)(H,83,84)(H,85,86)(H,87,88)/t25-,26-,27-,28-,29-,30-,31-,32-,41-,42-,43-,44-,45-,46-,47-,48-,49-,50-,51-,52-,53-,54?,55-,56-,57-,58-,59-,60-,61-,62-,63-,64-,65-,66-,67-,68-,69-,70-,71-,72-/m1/s1. The van der Waals surface area contributed by atoms with Gasteiger partial charge in [-0.2, -0.15) is 82.3 Å². The Balaban J connectivity index is 1.12. The van der Waals surface area contributed by atoms with Crippen molar-refractivity contribution in [3.05, 3.63) is 0 Å². The minimum absolute atomic E-state index is 0.0372. The maximum absolute atomic E-state index is 12.3. The lowest BCUT2D eigenvalue weighted by Gasteiger charge is -2.51. The van der Waals surface area contributed by atoms with E-state index in [1.165, 1.54) is 0 Å². The summed E-state index contributed by atoms with van der Waals surface area (Å²) in [7, 11) is 1.90. The van der Waals surface area contributed by atoms with Crippen LogP contribution in [-0.2, 0) is 114 Å². The van der Waals surface area contributed by atoms with Gasteiger partial charge < -0.3 is 198 Å². The van der Waals surface area contributed by atoms with E-state index in [0.29, 0.717) is 0 Å². The molecular weight excluding hydrogens is 1920 g/mol. The molecule has 30 aliphatic heterocycles. The molecule has 0 aromatic rings. The lowest BCUT2D eigenvalue weighted by molar-refractivity contribution is -0.396. The van der Waals surface area contributed by atoms with Gasteiger partial charge in [-0.05, 0) is 0 Å². The molecule has 57 heteroatoms. The molecule has 0 spiro atoms. The van der Waals surface area contributed by atoms with Gasteiger partial charge in [-0.1, -0.05) is 21.6 Å². The first-order chi connectivity index (χ1) is 61.2. The van der Waals surface area contributed by atoms with Crippen LogP contribution in [-0.4, -0.2) is 508 Å². The molecule has 0 aromatic carbocycles. The van der Waals surface area contributed by atoms with Crippen LogP contribution in [0.25, 0.3) is 0 Å². The normalized spacial score (nSPS) is 41.3. The Morgan fingerprint density at radius 2 is 0.287 bits per heavy atom. The number of thioether (sulfide) groups is 7. The van der Waals surface area contributed by atoms with Crippen molar-refractivity contribution in [3.8, 4) is 0 Å². The van der Waals surface area contributed by atoms with Crippen molar-refractivity contribution in [3.63, 3.8) is 0 Å². The number of aliphatic hydroxyl groups excluding tert-OH is 16. The summed E-state index contributed by atoms with van der Waals surface area (Å²) in [4.78, 5) is 94.2. The molecule has 30 rings (SSSR count). The van der Waals surface area contributed by atoms with Crippen molar-refractivity contribution in [2.24, 2.45) is 0 Å². The second-order valence-electron chi connectivity index (χ2n) is 30.8. The number of carbonyl (C=O) groups is 8. The van der Waals surface area contributed by atoms with Crippen LogP contribution < -0.4 is 0 Å². The van der Waals surface area contributed by atoms with Gasteiger partial charge in [0, 0.05) is 92.0 Å².